The normalized spacial score (nSPS) is 28.0. The fourth-order valence-corrected chi connectivity index (χ4v) is 2.73. The number of aromatic amines is 1. The fourth-order valence-electron chi connectivity index (χ4n) is 2.73. The van der Waals surface area contributed by atoms with Gasteiger partial charge in [0.25, 0.3) is 0 Å². The van der Waals surface area contributed by atoms with E-state index in [-0.39, 0.29) is 23.3 Å². The molecule has 1 fully saturated rings. The number of H-pyrrole nitrogens is 1. The van der Waals surface area contributed by atoms with Crippen LogP contribution >= 0.6 is 0 Å². The Labute approximate surface area is 155 Å². The van der Waals surface area contributed by atoms with Gasteiger partial charge in [-0.15, -0.1) is 0 Å². The first-order valence-electron chi connectivity index (χ1n) is 8.19. The molecule has 1 aliphatic rings. The molecule has 27 heavy (non-hydrogen) atoms. The zero-order chi connectivity index (χ0) is 20.2. The molecule has 0 radical (unpaired) electrons. The molecule has 2 amide bonds. The molecule has 1 aliphatic heterocycles. The molecule has 7 N–H and O–H groups in total. The number of hydrogen-bond donors (Lipinski definition) is 7. The number of amides is 2. The number of nitriles is 1. The molecular weight excluding hydrogens is 356 g/mol. The second kappa shape index (κ2) is 8.28. The van der Waals surface area contributed by atoms with Gasteiger partial charge < -0.3 is 30.4 Å². The molecular formula is C16H22N6O5. The van der Waals surface area contributed by atoms with Gasteiger partial charge in [0, 0.05) is 6.04 Å². The Morgan fingerprint density at radius 3 is 2.78 bits per heavy atom. The molecule has 0 aromatic carbocycles. The van der Waals surface area contributed by atoms with Crippen LogP contribution in [-0.2, 0) is 10.3 Å². The number of carbonyl (C=O) groups excluding carboxylic acids is 1. The first kappa shape index (κ1) is 20.5. The van der Waals surface area contributed by atoms with Crippen molar-refractivity contribution in [1.29, 1.82) is 10.7 Å². The van der Waals surface area contributed by atoms with E-state index < -0.39 is 36.6 Å². The van der Waals surface area contributed by atoms with Crippen LogP contribution in [0.5, 0.6) is 0 Å². The number of rotatable bonds is 5. The first-order valence-corrected chi connectivity index (χ1v) is 8.19. The number of urea groups is 1. The van der Waals surface area contributed by atoms with E-state index in [4.69, 9.17) is 10.1 Å². The van der Waals surface area contributed by atoms with E-state index in [1.807, 2.05) is 6.07 Å². The van der Waals surface area contributed by atoms with E-state index in [0.29, 0.717) is 0 Å². The smallest absolute Gasteiger partial charge is 0.320 e. The van der Waals surface area contributed by atoms with E-state index in [2.05, 4.69) is 20.6 Å². The van der Waals surface area contributed by atoms with E-state index in [0.717, 1.165) is 6.34 Å². The summed E-state index contributed by atoms with van der Waals surface area (Å²) in [6.07, 6.45) is -3.45. The number of aliphatic imine (C=N–C) groups is 1. The maximum atomic E-state index is 11.9. The first-order chi connectivity index (χ1) is 12.8. The quantitative estimate of drug-likeness (QED) is 0.252. The summed E-state index contributed by atoms with van der Waals surface area (Å²) in [5, 5.41) is 51.3. The molecule has 0 aliphatic carbocycles. The van der Waals surface area contributed by atoms with Crippen molar-refractivity contribution in [3.63, 3.8) is 0 Å². The lowest BCUT2D eigenvalue weighted by atomic mass is 9.93. The number of carbonyl (C=O) groups is 1. The highest BCUT2D eigenvalue weighted by molar-refractivity contribution is 6.08. The molecule has 1 aromatic heterocycles. The third-order valence-electron chi connectivity index (χ3n) is 3.99. The molecule has 0 bridgehead atoms. The van der Waals surface area contributed by atoms with Gasteiger partial charge in [0.1, 0.15) is 30.7 Å². The minimum Gasteiger partial charge on any atom is -0.394 e. The van der Waals surface area contributed by atoms with Crippen LogP contribution in [0.25, 0.3) is 0 Å². The van der Waals surface area contributed by atoms with Gasteiger partial charge >= 0.3 is 6.03 Å². The number of aliphatic hydroxyl groups is 3. The maximum absolute atomic E-state index is 11.9. The Bertz CT molecular complexity index is 770. The molecule has 0 unspecified atom stereocenters. The molecule has 0 saturated carbocycles. The fraction of sp³-hybridized carbons (Fsp3) is 0.500. The van der Waals surface area contributed by atoms with Crippen molar-refractivity contribution in [3.05, 3.63) is 23.5 Å². The van der Waals surface area contributed by atoms with E-state index in [9.17, 15) is 25.4 Å². The zero-order valence-electron chi connectivity index (χ0n) is 14.8. The van der Waals surface area contributed by atoms with Crippen molar-refractivity contribution in [1.82, 2.24) is 15.6 Å². The van der Waals surface area contributed by atoms with Crippen LogP contribution in [0.1, 0.15) is 25.2 Å². The summed E-state index contributed by atoms with van der Waals surface area (Å²) < 4.78 is 5.42. The molecule has 2 heterocycles. The molecule has 146 valence electrons. The number of hydrogen-bond acceptors (Lipinski definition) is 7. The Hall–Kier alpha value is -2.78. The molecule has 4 atom stereocenters. The van der Waals surface area contributed by atoms with Crippen LogP contribution in [0.4, 0.5) is 4.79 Å². The van der Waals surface area contributed by atoms with Crippen LogP contribution in [0.3, 0.4) is 0 Å². The third kappa shape index (κ3) is 3.99. The highest BCUT2D eigenvalue weighted by atomic mass is 16.6. The van der Waals surface area contributed by atoms with Crippen molar-refractivity contribution in [2.45, 2.75) is 43.8 Å². The summed E-state index contributed by atoms with van der Waals surface area (Å²) in [6, 6.07) is 4.07. The van der Waals surface area contributed by atoms with Crippen molar-refractivity contribution in [2.75, 3.05) is 6.61 Å². The zero-order valence-corrected chi connectivity index (χ0v) is 14.8. The van der Waals surface area contributed by atoms with Crippen molar-refractivity contribution in [3.8, 4) is 6.07 Å². The van der Waals surface area contributed by atoms with Crippen molar-refractivity contribution < 1.29 is 24.9 Å². The second-order valence-electron chi connectivity index (χ2n) is 6.27. The monoisotopic (exact) mass is 378 g/mol. The maximum Gasteiger partial charge on any atom is 0.320 e. The van der Waals surface area contributed by atoms with Crippen molar-refractivity contribution in [2.24, 2.45) is 4.99 Å². The average molecular weight is 378 g/mol. The number of ether oxygens (including phenoxy) is 1. The van der Waals surface area contributed by atoms with Gasteiger partial charge in [-0.2, -0.15) is 5.26 Å². The van der Waals surface area contributed by atoms with Crippen molar-refractivity contribution >= 4 is 18.2 Å². The van der Waals surface area contributed by atoms with Gasteiger partial charge in [-0.1, -0.05) is 0 Å². The van der Waals surface area contributed by atoms with Gasteiger partial charge in [-0.05, 0) is 26.0 Å². The highest BCUT2D eigenvalue weighted by Gasteiger charge is 2.56. The summed E-state index contributed by atoms with van der Waals surface area (Å²) in [7, 11) is 0. The Morgan fingerprint density at radius 1 is 1.56 bits per heavy atom. The molecule has 1 saturated heterocycles. The van der Waals surface area contributed by atoms with Crippen LogP contribution in [0.15, 0.2) is 17.1 Å². The van der Waals surface area contributed by atoms with E-state index >= 15 is 0 Å². The minimum absolute atomic E-state index is 0.00855. The lowest BCUT2D eigenvalue weighted by Crippen LogP contribution is -2.43. The van der Waals surface area contributed by atoms with Gasteiger partial charge in [-0.3, -0.25) is 10.7 Å². The molecule has 0 spiro atoms. The van der Waals surface area contributed by atoms with E-state index in [1.54, 1.807) is 13.8 Å². The largest absolute Gasteiger partial charge is 0.394 e. The second-order valence-corrected chi connectivity index (χ2v) is 6.27. The number of aromatic nitrogens is 1. The van der Waals surface area contributed by atoms with Crippen LogP contribution in [0, 0.1) is 16.7 Å². The summed E-state index contributed by atoms with van der Waals surface area (Å²) in [5.74, 6) is 0.00855. The summed E-state index contributed by atoms with van der Waals surface area (Å²) in [6.45, 7) is 2.98. The van der Waals surface area contributed by atoms with Crippen LogP contribution in [-0.4, -0.2) is 69.5 Å². The summed E-state index contributed by atoms with van der Waals surface area (Å²) >= 11 is 0. The SMILES string of the molecule is CC(C)NC(=O)NC(=NC=N)c1ccc([C@]2(C#N)O[C@H](CO)[C@@H](O)[C@H]2O)[nH]1. The van der Waals surface area contributed by atoms with Gasteiger partial charge in [0.2, 0.25) is 5.60 Å². The standard InChI is InChI=1S/C16H22N6O5/c1-8(2)20-15(26)22-14(19-7-18)9-3-4-11(21-9)16(6-17)13(25)12(24)10(5-23)27-16/h3-4,7-8,10,12-13,21,23-25H,5H2,1-2H3,(H3,18,19,20,22,26)/t10-,12-,13-,16+/m1/s1. The predicted octanol–water partition coefficient (Wildman–Crippen LogP) is -1.09. The molecule has 11 heteroatoms. The van der Waals surface area contributed by atoms with E-state index in [1.165, 1.54) is 12.1 Å². The number of nitrogens with one attached hydrogen (secondary N) is 4. The highest BCUT2D eigenvalue weighted by Crippen LogP contribution is 2.39. The third-order valence-corrected chi connectivity index (χ3v) is 3.99. The molecule has 11 nitrogen and oxygen atoms in total. The lowest BCUT2D eigenvalue weighted by molar-refractivity contribution is -0.0632. The van der Waals surface area contributed by atoms with Gasteiger partial charge in [0.05, 0.1) is 18.0 Å². The Kier molecular flexibility index (Phi) is 6.29. The average Bonchev–Trinajstić information content (AvgIpc) is 3.19. The topological polar surface area (TPSA) is 187 Å². The predicted molar refractivity (Wildman–Crippen MR) is 94.2 cm³/mol. The number of nitrogens with zero attached hydrogens (tertiary/aromatic N) is 2. The summed E-state index contributed by atoms with van der Waals surface area (Å²) in [4.78, 5) is 18.5. The number of aliphatic hydroxyl groups excluding tert-OH is 3. The number of amidine groups is 1. The Balaban J connectivity index is 2.33. The minimum atomic E-state index is -1.93. The van der Waals surface area contributed by atoms with Crippen LogP contribution in [0.2, 0.25) is 0 Å². The molecule has 1 aromatic rings. The molecule has 2 rings (SSSR count). The van der Waals surface area contributed by atoms with Gasteiger partial charge in [-0.25, -0.2) is 9.79 Å². The Morgan fingerprint density at radius 2 is 2.26 bits per heavy atom. The van der Waals surface area contributed by atoms with Crippen LogP contribution < -0.4 is 10.6 Å². The lowest BCUT2D eigenvalue weighted by Gasteiger charge is -2.23. The summed E-state index contributed by atoms with van der Waals surface area (Å²) in [5.41, 5.74) is -1.58. The van der Waals surface area contributed by atoms with Gasteiger partial charge in [0.15, 0.2) is 5.84 Å².